The molecule has 2 saturated heterocycles. The molecule has 162 valence electrons. The van der Waals surface area contributed by atoms with Crippen molar-refractivity contribution in [3.05, 3.63) is 23.5 Å². The Balaban J connectivity index is 0.00000145. The van der Waals surface area contributed by atoms with Crippen LogP contribution in [0.1, 0.15) is 63.6 Å². The molecule has 7 heteroatoms. The highest BCUT2D eigenvalue weighted by atomic mass is 16.6. The largest absolute Gasteiger partial charge is 0.444 e. The summed E-state index contributed by atoms with van der Waals surface area (Å²) < 4.78 is 5.45. The Morgan fingerprint density at radius 1 is 0.931 bits per heavy atom. The van der Waals surface area contributed by atoms with Crippen molar-refractivity contribution in [3.63, 3.8) is 0 Å². The summed E-state index contributed by atoms with van der Waals surface area (Å²) in [6.45, 7) is 15.9. The van der Waals surface area contributed by atoms with Gasteiger partial charge in [-0.25, -0.2) is 9.78 Å². The molecule has 2 fully saturated rings. The number of hydrogen-bond acceptors (Lipinski definition) is 5. The van der Waals surface area contributed by atoms with E-state index >= 15 is 0 Å². The van der Waals surface area contributed by atoms with E-state index in [0.29, 0.717) is 18.8 Å². The number of nitrogens with zero attached hydrogens (tertiary/aromatic N) is 4. The van der Waals surface area contributed by atoms with Crippen LogP contribution in [0.5, 0.6) is 0 Å². The van der Waals surface area contributed by atoms with Crippen molar-refractivity contribution >= 4 is 17.7 Å². The molecule has 7 nitrogen and oxygen atoms in total. The van der Waals surface area contributed by atoms with Crippen LogP contribution in [0.2, 0.25) is 0 Å². The summed E-state index contributed by atoms with van der Waals surface area (Å²) in [5.74, 6) is 0.0249. The van der Waals surface area contributed by atoms with Crippen molar-refractivity contribution in [1.29, 1.82) is 0 Å². The first-order chi connectivity index (χ1) is 13.7. The lowest BCUT2D eigenvalue weighted by Crippen LogP contribution is -2.50. The summed E-state index contributed by atoms with van der Waals surface area (Å²) in [7, 11) is 0. The fourth-order valence-corrected chi connectivity index (χ4v) is 3.55. The highest BCUT2D eigenvalue weighted by Crippen LogP contribution is 2.22. The zero-order chi connectivity index (χ0) is 21.6. The van der Waals surface area contributed by atoms with Gasteiger partial charge in [0.1, 0.15) is 11.3 Å². The maximum Gasteiger partial charge on any atom is 0.410 e. The number of likely N-dealkylation sites (tertiary alicyclic amines) is 1. The smallest absolute Gasteiger partial charge is 0.410 e. The Labute approximate surface area is 175 Å². The minimum Gasteiger partial charge on any atom is -0.444 e. The van der Waals surface area contributed by atoms with E-state index in [4.69, 9.17) is 4.74 Å². The van der Waals surface area contributed by atoms with Crippen LogP contribution in [-0.4, -0.2) is 71.7 Å². The molecular weight excluding hydrogens is 368 g/mol. The normalized spacial score (nSPS) is 17.0. The molecule has 3 rings (SSSR count). The molecule has 0 aromatic carbocycles. The molecule has 0 aliphatic carbocycles. The third-order valence-corrected chi connectivity index (χ3v) is 4.94. The zero-order valence-corrected chi connectivity index (χ0v) is 18.8. The maximum atomic E-state index is 12.5. The standard InChI is InChI=1S/C20H30N4O3.C2H6/c1-15-17(8-7-16(21-15)18(25)23-9-5-6-10-23)22-11-13-24(14-12-22)19(26)27-20(2,3)4;1-2/h7-8H,5-6,9-14H2,1-4H3;1-2H3. The predicted molar refractivity (Wildman–Crippen MR) is 115 cm³/mol. The van der Waals surface area contributed by atoms with Crippen LogP contribution < -0.4 is 4.90 Å². The molecule has 2 amide bonds. The van der Waals surface area contributed by atoms with E-state index in [1.807, 2.05) is 58.6 Å². The van der Waals surface area contributed by atoms with E-state index in [-0.39, 0.29) is 12.0 Å². The van der Waals surface area contributed by atoms with Crippen LogP contribution in [0, 0.1) is 6.92 Å². The van der Waals surface area contributed by atoms with Crippen LogP contribution >= 0.6 is 0 Å². The lowest BCUT2D eigenvalue weighted by molar-refractivity contribution is 0.0240. The summed E-state index contributed by atoms with van der Waals surface area (Å²) in [5, 5.41) is 0. The van der Waals surface area contributed by atoms with Crippen LogP contribution in [-0.2, 0) is 4.74 Å². The Bertz CT molecular complexity index is 700. The van der Waals surface area contributed by atoms with E-state index in [2.05, 4.69) is 9.88 Å². The van der Waals surface area contributed by atoms with Crippen LogP contribution in [0.4, 0.5) is 10.5 Å². The average Bonchev–Trinajstić information content (AvgIpc) is 3.22. The van der Waals surface area contributed by atoms with Crippen molar-refractivity contribution in [2.45, 2.75) is 60.0 Å². The number of aromatic nitrogens is 1. The highest BCUT2D eigenvalue weighted by Gasteiger charge is 2.27. The second-order valence-electron chi connectivity index (χ2n) is 8.25. The quantitative estimate of drug-likeness (QED) is 0.752. The van der Waals surface area contributed by atoms with E-state index < -0.39 is 5.60 Å². The summed E-state index contributed by atoms with van der Waals surface area (Å²) in [4.78, 5) is 35.1. The molecule has 0 spiro atoms. The van der Waals surface area contributed by atoms with Gasteiger partial charge in [0, 0.05) is 39.3 Å². The number of rotatable bonds is 2. The molecule has 2 aliphatic heterocycles. The number of carbonyl (C=O) groups is 2. The van der Waals surface area contributed by atoms with Gasteiger partial charge in [-0.05, 0) is 52.7 Å². The Kier molecular flexibility index (Phi) is 7.88. The number of carbonyl (C=O) groups excluding carboxylic acids is 2. The Hall–Kier alpha value is -2.31. The van der Waals surface area contributed by atoms with Crippen molar-refractivity contribution in [2.75, 3.05) is 44.2 Å². The minimum atomic E-state index is -0.480. The van der Waals surface area contributed by atoms with Gasteiger partial charge in [0.2, 0.25) is 0 Å². The monoisotopic (exact) mass is 404 g/mol. The van der Waals surface area contributed by atoms with Crippen LogP contribution in [0.25, 0.3) is 0 Å². The number of anilines is 1. The SMILES string of the molecule is CC.Cc1nc(C(=O)N2CCCC2)ccc1N1CCN(C(=O)OC(C)(C)C)CC1. The van der Waals surface area contributed by atoms with Gasteiger partial charge in [0.15, 0.2) is 0 Å². The topological polar surface area (TPSA) is 66.0 Å². The van der Waals surface area contributed by atoms with Gasteiger partial charge >= 0.3 is 6.09 Å². The fourth-order valence-electron chi connectivity index (χ4n) is 3.55. The van der Waals surface area contributed by atoms with Crippen molar-refractivity contribution < 1.29 is 14.3 Å². The third kappa shape index (κ3) is 6.08. The van der Waals surface area contributed by atoms with E-state index in [1.54, 1.807) is 4.90 Å². The lowest BCUT2D eigenvalue weighted by atomic mass is 10.2. The second-order valence-corrected chi connectivity index (χ2v) is 8.25. The molecule has 1 aromatic heterocycles. The molecular formula is C22H36N4O3. The van der Waals surface area contributed by atoms with E-state index in [1.165, 1.54) is 0 Å². The molecule has 1 aromatic rings. The van der Waals surface area contributed by atoms with Gasteiger partial charge in [-0.15, -0.1) is 0 Å². The van der Waals surface area contributed by atoms with Gasteiger partial charge in [0.25, 0.3) is 5.91 Å². The molecule has 0 unspecified atom stereocenters. The predicted octanol–water partition coefficient (Wildman–Crippen LogP) is 3.71. The number of aryl methyl sites for hydroxylation is 1. The van der Waals surface area contributed by atoms with E-state index in [9.17, 15) is 9.59 Å². The number of ether oxygens (including phenoxy) is 1. The molecule has 29 heavy (non-hydrogen) atoms. The zero-order valence-electron chi connectivity index (χ0n) is 18.8. The first kappa shape index (κ1) is 23.0. The minimum absolute atomic E-state index is 0.0249. The molecule has 0 saturated carbocycles. The van der Waals surface area contributed by atoms with Crippen molar-refractivity contribution in [3.8, 4) is 0 Å². The Morgan fingerprint density at radius 2 is 1.52 bits per heavy atom. The average molecular weight is 405 g/mol. The molecule has 0 bridgehead atoms. The molecule has 0 radical (unpaired) electrons. The molecule has 0 atom stereocenters. The van der Waals surface area contributed by atoms with Crippen molar-refractivity contribution in [2.24, 2.45) is 0 Å². The van der Waals surface area contributed by atoms with Gasteiger partial charge in [-0.3, -0.25) is 4.79 Å². The highest BCUT2D eigenvalue weighted by molar-refractivity contribution is 5.92. The van der Waals surface area contributed by atoms with E-state index in [0.717, 1.165) is 50.4 Å². The summed E-state index contributed by atoms with van der Waals surface area (Å²) in [5.41, 5.74) is 1.92. The fraction of sp³-hybridized carbons (Fsp3) is 0.682. The third-order valence-electron chi connectivity index (χ3n) is 4.94. The van der Waals surface area contributed by atoms with Crippen LogP contribution in [0.3, 0.4) is 0 Å². The second kappa shape index (κ2) is 9.94. The van der Waals surface area contributed by atoms with Gasteiger partial charge in [-0.2, -0.15) is 0 Å². The van der Waals surface area contributed by atoms with Crippen molar-refractivity contribution in [1.82, 2.24) is 14.8 Å². The van der Waals surface area contributed by atoms with Crippen LogP contribution in [0.15, 0.2) is 12.1 Å². The Morgan fingerprint density at radius 3 is 2.03 bits per heavy atom. The first-order valence-corrected chi connectivity index (χ1v) is 10.7. The van der Waals surface area contributed by atoms with Gasteiger partial charge < -0.3 is 19.4 Å². The number of piperazine rings is 1. The summed E-state index contributed by atoms with van der Waals surface area (Å²) >= 11 is 0. The lowest BCUT2D eigenvalue weighted by Gasteiger charge is -2.37. The number of pyridine rings is 1. The number of amides is 2. The molecule has 2 aliphatic rings. The molecule has 0 N–H and O–H groups in total. The summed E-state index contributed by atoms with van der Waals surface area (Å²) in [6.07, 6.45) is 1.89. The number of hydrogen-bond donors (Lipinski definition) is 0. The van der Waals surface area contributed by atoms with Gasteiger partial charge in [-0.1, -0.05) is 13.8 Å². The maximum absolute atomic E-state index is 12.5. The van der Waals surface area contributed by atoms with Gasteiger partial charge in [0.05, 0.1) is 11.4 Å². The molecule has 3 heterocycles. The summed E-state index contributed by atoms with van der Waals surface area (Å²) in [6, 6.07) is 3.80. The first-order valence-electron chi connectivity index (χ1n) is 10.7.